The van der Waals surface area contributed by atoms with Gasteiger partial charge in [-0.05, 0) is 105 Å². The Kier molecular flexibility index (Phi) is 3.23. The fourth-order valence-corrected chi connectivity index (χ4v) is 4.77. The van der Waals surface area contributed by atoms with Crippen LogP contribution < -0.4 is 0 Å². The molecule has 0 aliphatic heterocycles. The molecule has 19 heavy (non-hydrogen) atoms. The lowest BCUT2D eigenvalue weighted by Gasteiger charge is -2.42. The molecule has 0 amide bonds. The van der Waals surface area contributed by atoms with Crippen LogP contribution in [0.1, 0.15) is 71.9 Å². The number of rotatable bonds is 0. The summed E-state index contributed by atoms with van der Waals surface area (Å²) < 4.78 is 0. The molecule has 3 unspecified atom stereocenters. The van der Waals surface area contributed by atoms with Crippen molar-refractivity contribution in [2.75, 3.05) is 0 Å². The number of hydrogen-bond acceptors (Lipinski definition) is 0. The summed E-state index contributed by atoms with van der Waals surface area (Å²) in [6.07, 6.45) is 7.10. The molecule has 3 atom stereocenters. The van der Waals surface area contributed by atoms with Gasteiger partial charge < -0.3 is 0 Å². The van der Waals surface area contributed by atoms with E-state index < -0.39 is 0 Å². The molecule has 0 nitrogen and oxygen atoms in total. The highest BCUT2D eigenvalue weighted by Gasteiger charge is 2.36. The van der Waals surface area contributed by atoms with Crippen molar-refractivity contribution in [3.8, 4) is 0 Å². The third-order valence-corrected chi connectivity index (χ3v) is 6.25. The molecule has 0 bridgehead atoms. The first kappa shape index (κ1) is 13.2. The first-order valence-electron chi connectivity index (χ1n) is 8.09. The Morgan fingerprint density at radius 1 is 0.789 bits per heavy atom. The molecule has 1 aromatic carbocycles. The highest BCUT2D eigenvalue weighted by molar-refractivity contribution is 5.52. The van der Waals surface area contributed by atoms with Gasteiger partial charge in [-0.15, -0.1) is 0 Å². The van der Waals surface area contributed by atoms with Crippen LogP contribution in [0.15, 0.2) is 0 Å². The van der Waals surface area contributed by atoms with Crippen LogP contribution in [0, 0.1) is 39.5 Å². The maximum absolute atomic E-state index is 2.45. The molecule has 0 heteroatoms. The van der Waals surface area contributed by atoms with Crippen LogP contribution in [0.5, 0.6) is 0 Å². The van der Waals surface area contributed by atoms with Crippen molar-refractivity contribution >= 4 is 0 Å². The highest BCUT2D eigenvalue weighted by atomic mass is 14.4. The molecule has 2 aliphatic rings. The predicted molar refractivity (Wildman–Crippen MR) is 83.0 cm³/mol. The monoisotopic (exact) mass is 256 g/mol. The quantitative estimate of drug-likeness (QED) is 0.584. The average Bonchev–Trinajstić information content (AvgIpc) is 2.41. The highest BCUT2D eigenvalue weighted by Crippen LogP contribution is 2.49. The van der Waals surface area contributed by atoms with E-state index in [1.807, 2.05) is 0 Å². The fraction of sp³-hybridized carbons (Fsp3) is 0.684. The molecule has 0 heterocycles. The van der Waals surface area contributed by atoms with E-state index in [9.17, 15) is 0 Å². The zero-order valence-electron chi connectivity index (χ0n) is 13.3. The zero-order chi connectivity index (χ0) is 13.7. The molecule has 3 rings (SSSR count). The van der Waals surface area contributed by atoms with Crippen molar-refractivity contribution in [3.05, 3.63) is 33.4 Å². The summed E-state index contributed by atoms with van der Waals surface area (Å²) in [7, 11) is 0. The smallest absolute Gasteiger partial charge is 0.0128 e. The Morgan fingerprint density at radius 2 is 1.47 bits per heavy atom. The third-order valence-electron chi connectivity index (χ3n) is 6.25. The van der Waals surface area contributed by atoms with E-state index in [0.29, 0.717) is 0 Å². The second kappa shape index (κ2) is 4.65. The molecule has 0 N–H and O–H groups in total. The van der Waals surface area contributed by atoms with Gasteiger partial charge in [-0.2, -0.15) is 0 Å². The average molecular weight is 256 g/mol. The third kappa shape index (κ3) is 1.95. The Bertz CT molecular complexity index is 510. The Hall–Kier alpha value is -0.780. The van der Waals surface area contributed by atoms with Crippen molar-refractivity contribution < 1.29 is 0 Å². The summed E-state index contributed by atoms with van der Waals surface area (Å²) in [6.45, 7) is 11.8. The molecule has 1 aromatic rings. The van der Waals surface area contributed by atoms with Gasteiger partial charge in [0.15, 0.2) is 0 Å². The lowest BCUT2D eigenvalue weighted by Crippen LogP contribution is -2.29. The molecule has 1 saturated carbocycles. The summed E-state index contributed by atoms with van der Waals surface area (Å²) >= 11 is 0. The molecular weight excluding hydrogens is 228 g/mol. The van der Waals surface area contributed by atoms with E-state index in [1.165, 1.54) is 32.1 Å². The number of fused-ring (bicyclic) bond motifs is 3. The predicted octanol–water partition coefficient (Wildman–Crippen LogP) is 5.39. The van der Waals surface area contributed by atoms with Crippen LogP contribution in [0.2, 0.25) is 0 Å². The van der Waals surface area contributed by atoms with Gasteiger partial charge in [-0.25, -0.2) is 0 Å². The molecule has 2 aliphatic carbocycles. The van der Waals surface area contributed by atoms with Crippen LogP contribution in [-0.4, -0.2) is 0 Å². The Labute approximate surface area is 118 Å². The maximum Gasteiger partial charge on any atom is -0.0128 e. The maximum atomic E-state index is 2.45. The van der Waals surface area contributed by atoms with E-state index >= 15 is 0 Å². The topological polar surface area (TPSA) is 0 Å². The van der Waals surface area contributed by atoms with E-state index in [2.05, 4.69) is 34.6 Å². The molecule has 0 spiro atoms. The molecule has 0 aromatic heterocycles. The van der Waals surface area contributed by atoms with Crippen LogP contribution in [0.3, 0.4) is 0 Å². The minimum atomic E-state index is 0.873. The Balaban J connectivity index is 2.13. The minimum absolute atomic E-state index is 0.873. The van der Waals surface area contributed by atoms with Gasteiger partial charge >= 0.3 is 0 Å². The standard InChI is InChI=1S/C19H28/c1-11-6-8-18-16(10-11)7-9-17-14(4)12(2)13(3)15(5)19(17)18/h11,16,18H,6-10H2,1-5H3. The van der Waals surface area contributed by atoms with Crippen molar-refractivity contribution in [3.63, 3.8) is 0 Å². The van der Waals surface area contributed by atoms with Gasteiger partial charge in [0, 0.05) is 0 Å². The number of benzene rings is 1. The number of hydrogen-bond donors (Lipinski definition) is 0. The largest absolute Gasteiger partial charge is 0.0625 e. The van der Waals surface area contributed by atoms with Gasteiger partial charge in [-0.3, -0.25) is 0 Å². The zero-order valence-corrected chi connectivity index (χ0v) is 13.3. The summed E-state index contributed by atoms with van der Waals surface area (Å²) in [4.78, 5) is 0. The molecule has 1 fully saturated rings. The molecular formula is C19H28. The lowest BCUT2D eigenvalue weighted by molar-refractivity contribution is 0.220. The first-order valence-corrected chi connectivity index (χ1v) is 8.09. The lowest BCUT2D eigenvalue weighted by atomic mass is 9.63. The van der Waals surface area contributed by atoms with Gasteiger partial charge in [0.2, 0.25) is 0 Å². The normalized spacial score (nSPS) is 29.8. The molecule has 0 radical (unpaired) electrons. The van der Waals surface area contributed by atoms with Crippen molar-refractivity contribution in [1.82, 2.24) is 0 Å². The summed E-state index contributed by atoms with van der Waals surface area (Å²) in [5.74, 6) is 2.80. The van der Waals surface area contributed by atoms with Crippen LogP contribution in [0.25, 0.3) is 0 Å². The van der Waals surface area contributed by atoms with E-state index in [-0.39, 0.29) is 0 Å². The van der Waals surface area contributed by atoms with Gasteiger partial charge in [-0.1, -0.05) is 13.3 Å². The van der Waals surface area contributed by atoms with Gasteiger partial charge in [0.05, 0.1) is 0 Å². The first-order chi connectivity index (χ1) is 9.00. The SMILES string of the molecule is Cc1c(C)c(C)c2c(c1C)CCC1CC(C)CCC21. The second-order valence-electron chi connectivity index (χ2n) is 7.22. The van der Waals surface area contributed by atoms with E-state index in [4.69, 9.17) is 0 Å². The van der Waals surface area contributed by atoms with Crippen LogP contribution in [0.4, 0.5) is 0 Å². The van der Waals surface area contributed by atoms with E-state index in [1.54, 1.807) is 33.4 Å². The van der Waals surface area contributed by atoms with Gasteiger partial charge in [0.1, 0.15) is 0 Å². The molecule has 0 saturated heterocycles. The Morgan fingerprint density at radius 3 is 2.21 bits per heavy atom. The minimum Gasteiger partial charge on any atom is -0.0625 e. The van der Waals surface area contributed by atoms with Crippen LogP contribution >= 0.6 is 0 Å². The van der Waals surface area contributed by atoms with Crippen molar-refractivity contribution in [2.45, 2.75) is 72.6 Å². The van der Waals surface area contributed by atoms with Gasteiger partial charge in [0.25, 0.3) is 0 Å². The molecule has 104 valence electrons. The van der Waals surface area contributed by atoms with Crippen molar-refractivity contribution in [2.24, 2.45) is 11.8 Å². The second-order valence-corrected chi connectivity index (χ2v) is 7.22. The van der Waals surface area contributed by atoms with E-state index in [0.717, 1.165) is 17.8 Å². The van der Waals surface area contributed by atoms with Crippen LogP contribution in [-0.2, 0) is 6.42 Å². The van der Waals surface area contributed by atoms with Crippen molar-refractivity contribution in [1.29, 1.82) is 0 Å². The fourth-order valence-electron chi connectivity index (χ4n) is 4.77. The summed E-state index contributed by atoms with van der Waals surface area (Å²) in [6, 6.07) is 0. The summed E-state index contributed by atoms with van der Waals surface area (Å²) in [5, 5.41) is 0. The summed E-state index contributed by atoms with van der Waals surface area (Å²) in [5.41, 5.74) is 9.78.